The van der Waals surface area contributed by atoms with Gasteiger partial charge < -0.3 is 9.64 Å². The second kappa shape index (κ2) is 8.83. The molecule has 0 saturated carbocycles. The van der Waals surface area contributed by atoms with Crippen molar-refractivity contribution in [2.45, 2.75) is 6.54 Å². The Hall–Kier alpha value is -2.37. The number of ether oxygens (including phenoxy) is 1. The van der Waals surface area contributed by atoms with Crippen LogP contribution in [0.3, 0.4) is 0 Å². The van der Waals surface area contributed by atoms with Crippen molar-refractivity contribution in [1.29, 1.82) is 0 Å². The van der Waals surface area contributed by atoms with Crippen LogP contribution in [0.5, 0.6) is 5.75 Å². The highest BCUT2D eigenvalue weighted by molar-refractivity contribution is 9.10. The van der Waals surface area contributed by atoms with Gasteiger partial charge in [0.15, 0.2) is 6.61 Å². The third-order valence-corrected chi connectivity index (χ3v) is 4.44. The Bertz CT molecular complexity index is 855. The molecule has 6 heteroatoms. The van der Waals surface area contributed by atoms with Gasteiger partial charge >= 0.3 is 0 Å². The van der Waals surface area contributed by atoms with Crippen molar-refractivity contribution in [3.63, 3.8) is 0 Å². The highest BCUT2D eigenvalue weighted by atomic mass is 79.9. The van der Waals surface area contributed by atoms with Gasteiger partial charge in [0.25, 0.3) is 5.91 Å². The standard InChI is InChI=1S/C20H16BrClN2O2/c21-15-4-10-19(11-5-15)26-14-20(25)24(13-17-3-1-2-12-23-17)18-8-6-16(22)7-9-18/h1-12H,13-14H2. The Morgan fingerprint density at radius 3 is 2.42 bits per heavy atom. The fourth-order valence-corrected chi connectivity index (χ4v) is 2.74. The van der Waals surface area contributed by atoms with Crippen LogP contribution in [-0.2, 0) is 11.3 Å². The topological polar surface area (TPSA) is 42.4 Å². The first kappa shape index (κ1) is 18.4. The van der Waals surface area contributed by atoms with Crippen LogP contribution in [0, 0.1) is 0 Å². The lowest BCUT2D eigenvalue weighted by Gasteiger charge is -2.23. The van der Waals surface area contributed by atoms with Gasteiger partial charge in [-0.25, -0.2) is 0 Å². The summed E-state index contributed by atoms with van der Waals surface area (Å²) in [6.07, 6.45) is 1.71. The normalized spacial score (nSPS) is 10.4. The van der Waals surface area contributed by atoms with Crippen molar-refractivity contribution in [3.05, 3.63) is 88.1 Å². The highest BCUT2D eigenvalue weighted by Crippen LogP contribution is 2.21. The van der Waals surface area contributed by atoms with Crippen molar-refractivity contribution in [1.82, 2.24) is 4.98 Å². The molecule has 26 heavy (non-hydrogen) atoms. The quantitative estimate of drug-likeness (QED) is 0.545. The summed E-state index contributed by atoms with van der Waals surface area (Å²) in [6.45, 7) is 0.280. The Morgan fingerprint density at radius 1 is 1.04 bits per heavy atom. The van der Waals surface area contributed by atoms with Gasteiger partial charge in [-0.3, -0.25) is 9.78 Å². The molecule has 0 aliphatic heterocycles. The van der Waals surface area contributed by atoms with Gasteiger partial charge in [0, 0.05) is 21.4 Å². The van der Waals surface area contributed by atoms with Crippen LogP contribution >= 0.6 is 27.5 Å². The molecule has 3 rings (SSSR count). The second-order valence-electron chi connectivity index (χ2n) is 5.52. The smallest absolute Gasteiger partial charge is 0.265 e. The summed E-state index contributed by atoms with van der Waals surface area (Å²) < 4.78 is 6.58. The lowest BCUT2D eigenvalue weighted by Crippen LogP contribution is -2.34. The molecule has 0 bridgehead atoms. The van der Waals surface area contributed by atoms with E-state index in [-0.39, 0.29) is 12.5 Å². The zero-order valence-electron chi connectivity index (χ0n) is 13.8. The van der Waals surface area contributed by atoms with E-state index in [9.17, 15) is 4.79 Å². The van der Waals surface area contributed by atoms with E-state index < -0.39 is 0 Å². The molecule has 0 saturated heterocycles. The van der Waals surface area contributed by atoms with Crippen LogP contribution in [-0.4, -0.2) is 17.5 Å². The van der Waals surface area contributed by atoms with Gasteiger partial charge in [-0.2, -0.15) is 0 Å². The van der Waals surface area contributed by atoms with E-state index in [2.05, 4.69) is 20.9 Å². The molecule has 4 nitrogen and oxygen atoms in total. The number of anilines is 1. The van der Waals surface area contributed by atoms with E-state index in [0.717, 1.165) is 15.9 Å². The highest BCUT2D eigenvalue weighted by Gasteiger charge is 2.17. The maximum atomic E-state index is 12.8. The first-order valence-corrected chi connectivity index (χ1v) is 9.13. The van der Waals surface area contributed by atoms with Gasteiger partial charge in [0.2, 0.25) is 0 Å². The molecule has 132 valence electrons. The Morgan fingerprint density at radius 2 is 1.77 bits per heavy atom. The van der Waals surface area contributed by atoms with Gasteiger partial charge in [-0.1, -0.05) is 33.6 Å². The summed E-state index contributed by atoms with van der Waals surface area (Å²) in [5.41, 5.74) is 1.53. The SMILES string of the molecule is O=C(COc1ccc(Br)cc1)N(Cc1ccccn1)c1ccc(Cl)cc1. The summed E-state index contributed by atoms with van der Waals surface area (Å²) in [4.78, 5) is 18.7. The number of nitrogens with zero attached hydrogens (tertiary/aromatic N) is 2. The van der Waals surface area contributed by atoms with Gasteiger partial charge in [0.1, 0.15) is 5.75 Å². The predicted molar refractivity (Wildman–Crippen MR) is 107 cm³/mol. The number of aromatic nitrogens is 1. The number of carbonyl (C=O) groups excluding carboxylic acids is 1. The van der Waals surface area contributed by atoms with Crippen LogP contribution in [0.1, 0.15) is 5.69 Å². The average Bonchev–Trinajstić information content (AvgIpc) is 2.67. The van der Waals surface area contributed by atoms with Crippen LogP contribution in [0.15, 0.2) is 77.4 Å². The largest absolute Gasteiger partial charge is 0.484 e. The molecule has 0 N–H and O–H groups in total. The molecular formula is C20H16BrClN2O2. The lowest BCUT2D eigenvalue weighted by molar-refractivity contribution is -0.120. The minimum absolute atomic E-state index is 0.0723. The predicted octanol–water partition coefficient (Wildman–Crippen LogP) is 5.11. The minimum atomic E-state index is -0.166. The molecule has 0 fully saturated rings. The van der Waals surface area contributed by atoms with Crippen LogP contribution < -0.4 is 9.64 Å². The fourth-order valence-electron chi connectivity index (χ4n) is 2.35. The van der Waals surface area contributed by atoms with E-state index in [4.69, 9.17) is 16.3 Å². The Kier molecular flexibility index (Phi) is 6.26. The monoisotopic (exact) mass is 430 g/mol. The van der Waals surface area contributed by atoms with E-state index >= 15 is 0 Å². The molecule has 1 aromatic heterocycles. The summed E-state index contributed by atoms with van der Waals surface area (Å²) in [5.74, 6) is 0.469. The third kappa shape index (κ3) is 5.07. The van der Waals surface area contributed by atoms with E-state index in [0.29, 0.717) is 17.3 Å². The molecule has 1 amide bonds. The molecule has 3 aromatic rings. The Labute approximate surface area is 165 Å². The van der Waals surface area contributed by atoms with Crippen molar-refractivity contribution in [2.75, 3.05) is 11.5 Å². The Balaban J connectivity index is 1.76. The van der Waals surface area contributed by atoms with Gasteiger partial charge in [0.05, 0.1) is 12.2 Å². The third-order valence-electron chi connectivity index (χ3n) is 3.66. The number of pyridine rings is 1. The van der Waals surface area contributed by atoms with Crippen molar-refractivity contribution in [3.8, 4) is 5.75 Å². The summed E-state index contributed by atoms with van der Waals surface area (Å²) in [6, 6.07) is 20.1. The van der Waals surface area contributed by atoms with Crippen molar-refractivity contribution in [2.24, 2.45) is 0 Å². The second-order valence-corrected chi connectivity index (χ2v) is 6.87. The molecule has 0 aliphatic carbocycles. The first-order valence-electron chi connectivity index (χ1n) is 7.96. The molecule has 0 atom stereocenters. The van der Waals surface area contributed by atoms with Gasteiger partial charge in [-0.15, -0.1) is 0 Å². The number of hydrogen-bond donors (Lipinski definition) is 0. The van der Waals surface area contributed by atoms with E-state index in [1.165, 1.54) is 0 Å². The zero-order valence-corrected chi connectivity index (χ0v) is 16.2. The van der Waals surface area contributed by atoms with Crippen molar-refractivity contribution >= 4 is 39.1 Å². The van der Waals surface area contributed by atoms with Crippen molar-refractivity contribution < 1.29 is 9.53 Å². The molecule has 2 aromatic carbocycles. The van der Waals surface area contributed by atoms with Crippen LogP contribution in [0.2, 0.25) is 5.02 Å². The van der Waals surface area contributed by atoms with E-state index in [1.807, 2.05) is 54.6 Å². The number of benzene rings is 2. The maximum absolute atomic E-state index is 12.8. The average molecular weight is 432 g/mol. The summed E-state index contributed by atoms with van der Waals surface area (Å²) in [5, 5.41) is 0.616. The molecule has 0 spiro atoms. The van der Waals surface area contributed by atoms with Gasteiger partial charge in [-0.05, 0) is 60.7 Å². The first-order chi connectivity index (χ1) is 12.6. The molecule has 0 unspecified atom stereocenters. The molecule has 1 heterocycles. The molecule has 0 radical (unpaired) electrons. The number of hydrogen-bond acceptors (Lipinski definition) is 3. The number of amides is 1. The number of halogens is 2. The van der Waals surface area contributed by atoms with Crippen LogP contribution in [0.4, 0.5) is 5.69 Å². The molecular weight excluding hydrogens is 416 g/mol. The summed E-state index contributed by atoms with van der Waals surface area (Å²) >= 11 is 9.34. The van der Waals surface area contributed by atoms with Crippen LogP contribution in [0.25, 0.3) is 0 Å². The lowest BCUT2D eigenvalue weighted by atomic mass is 10.2. The zero-order chi connectivity index (χ0) is 18.4. The number of carbonyl (C=O) groups is 1. The number of rotatable bonds is 6. The maximum Gasteiger partial charge on any atom is 0.265 e. The minimum Gasteiger partial charge on any atom is -0.484 e. The van der Waals surface area contributed by atoms with E-state index in [1.54, 1.807) is 23.2 Å². The fraction of sp³-hybridized carbons (Fsp3) is 0.100. The summed E-state index contributed by atoms with van der Waals surface area (Å²) in [7, 11) is 0. The molecule has 0 aliphatic rings.